The van der Waals surface area contributed by atoms with Gasteiger partial charge in [0.2, 0.25) is 0 Å². The summed E-state index contributed by atoms with van der Waals surface area (Å²) in [5, 5.41) is 3.05. The number of hydrogen-bond acceptors (Lipinski definition) is 4. The van der Waals surface area contributed by atoms with Crippen molar-refractivity contribution in [3.8, 4) is 0 Å². The number of aromatic nitrogens is 2. The molecule has 1 aromatic rings. The molecule has 1 aromatic heterocycles. The first-order valence-electron chi connectivity index (χ1n) is 8.08. The van der Waals surface area contributed by atoms with E-state index in [4.69, 9.17) is 5.73 Å². The van der Waals surface area contributed by atoms with Crippen LogP contribution in [0, 0.1) is 12.3 Å². The first-order valence-corrected chi connectivity index (χ1v) is 8.08. The average Bonchev–Trinajstić information content (AvgIpc) is 2.58. The van der Waals surface area contributed by atoms with E-state index < -0.39 is 0 Å². The van der Waals surface area contributed by atoms with Crippen molar-refractivity contribution in [2.45, 2.75) is 46.5 Å². The number of nitrogens with one attached hydrogen (secondary N) is 1. The van der Waals surface area contributed by atoms with E-state index in [1.54, 1.807) is 25.3 Å². The second-order valence-corrected chi connectivity index (χ2v) is 4.97. The minimum Gasteiger partial charge on any atom is -0.412 e. The Labute approximate surface area is 202 Å². The summed E-state index contributed by atoms with van der Waals surface area (Å²) in [5.41, 5.74) is 9.27. The van der Waals surface area contributed by atoms with Gasteiger partial charge in [-0.2, -0.15) is 18.7 Å². The van der Waals surface area contributed by atoms with Crippen molar-refractivity contribution in [2.75, 3.05) is 5.32 Å². The first-order chi connectivity index (χ1) is 11.2. The Kier molecular flexibility index (Phi) is 17.4. The maximum atomic E-state index is 5.67. The molecule has 1 heterocycles. The SMILES string of the molecule is C=C[C-]=C(/C=C(\C)N)Nc1n[c-]c(C2=CCCCC2)cn1.CC.[Y].[Y]. The molecule has 6 heteroatoms. The molecule has 0 atom stereocenters. The van der Waals surface area contributed by atoms with E-state index in [1.807, 2.05) is 13.8 Å². The van der Waals surface area contributed by atoms with E-state index >= 15 is 0 Å². The molecule has 0 aromatic carbocycles. The monoisotopic (exact) mass is 488 g/mol. The summed E-state index contributed by atoms with van der Waals surface area (Å²) in [4.78, 5) is 8.55. The Bertz CT molecular complexity index is 586. The van der Waals surface area contributed by atoms with Crippen LogP contribution < -0.4 is 11.1 Å². The van der Waals surface area contributed by atoms with Gasteiger partial charge in [0, 0.05) is 65.4 Å². The van der Waals surface area contributed by atoms with Gasteiger partial charge in [0.05, 0.1) is 0 Å². The molecule has 1 aliphatic rings. The standard InChI is InChI=1S/C17H20N4.C2H6.2Y/c1-3-7-16(10-13(2)18)21-17-19-11-15(12-20-17)14-8-5-4-6-9-14;1-2;;/h3,8,10-11H,1,4-6,9,18H2,2H3,(H,19,20,21);1-2H3;;/q-2;;;/b13-10+;;;. The predicted molar refractivity (Wildman–Crippen MR) is 97.2 cm³/mol. The van der Waals surface area contributed by atoms with E-state index in [2.05, 4.69) is 40.2 Å². The fourth-order valence-corrected chi connectivity index (χ4v) is 2.17. The Balaban J connectivity index is 0. The Morgan fingerprint density at radius 2 is 2.08 bits per heavy atom. The van der Waals surface area contributed by atoms with Crippen molar-refractivity contribution in [3.63, 3.8) is 0 Å². The largest absolute Gasteiger partial charge is 0.412 e. The molecule has 130 valence electrons. The van der Waals surface area contributed by atoms with Crippen LogP contribution >= 0.6 is 0 Å². The molecule has 0 fully saturated rings. The summed E-state index contributed by atoms with van der Waals surface area (Å²) in [5.74, 6) is 0.469. The molecule has 0 amide bonds. The van der Waals surface area contributed by atoms with Crippen LogP contribution in [0.15, 0.2) is 42.4 Å². The van der Waals surface area contributed by atoms with Crippen molar-refractivity contribution in [3.05, 3.63) is 60.2 Å². The van der Waals surface area contributed by atoms with Gasteiger partial charge in [0.15, 0.2) is 0 Å². The predicted octanol–water partition coefficient (Wildman–Crippen LogP) is 4.40. The summed E-state index contributed by atoms with van der Waals surface area (Å²) < 4.78 is 0. The van der Waals surface area contributed by atoms with E-state index in [0.717, 1.165) is 18.4 Å². The molecule has 0 unspecified atom stereocenters. The minimum absolute atomic E-state index is 0. The van der Waals surface area contributed by atoms with Crippen molar-refractivity contribution in [1.29, 1.82) is 0 Å². The molecular weight excluding hydrogens is 462 g/mol. The third-order valence-electron chi connectivity index (χ3n) is 3.11. The van der Waals surface area contributed by atoms with E-state index in [1.165, 1.54) is 18.4 Å². The van der Waals surface area contributed by atoms with Crippen LogP contribution in [-0.2, 0) is 65.4 Å². The van der Waals surface area contributed by atoms with Gasteiger partial charge < -0.3 is 21.0 Å². The van der Waals surface area contributed by atoms with Crippen LogP contribution in [0.2, 0.25) is 0 Å². The zero-order valence-electron chi connectivity index (χ0n) is 15.5. The number of rotatable bonds is 5. The van der Waals surface area contributed by atoms with Crippen LogP contribution in [0.3, 0.4) is 0 Å². The zero-order valence-corrected chi connectivity index (χ0v) is 21.1. The summed E-state index contributed by atoms with van der Waals surface area (Å²) in [7, 11) is 0. The van der Waals surface area contributed by atoms with Crippen LogP contribution in [0.1, 0.15) is 52.0 Å². The van der Waals surface area contributed by atoms with E-state index in [9.17, 15) is 0 Å². The van der Waals surface area contributed by atoms with Crippen molar-refractivity contribution in [1.82, 2.24) is 9.97 Å². The molecule has 4 nitrogen and oxygen atoms in total. The Hall–Kier alpha value is -0.152. The molecule has 3 N–H and O–H groups in total. The Morgan fingerprint density at radius 3 is 2.56 bits per heavy atom. The maximum absolute atomic E-state index is 5.67. The normalized spacial score (nSPS) is 14.0. The Morgan fingerprint density at radius 1 is 1.36 bits per heavy atom. The van der Waals surface area contributed by atoms with Gasteiger partial charge >= 0.3 is 0 Å². The summed E-state index contributed by atoms with van der Waals surface area (Å²) >= 11 is 0. The molecule has 0 bridgehead atoms. The van der Waals surface area contributed by atoms with Gasteiger partial charge in [-0.15, -0.1) is 23.3 Å². The first kappa shape index (κ1) is 27.1. The van der Waals surface area contributed by atoms with Gasteiger partial charge in [0.25, 0.3) is 0 Å². The molecule has 0 saturated carbocycles. The molecule has 0 spiro atoms. The van der Waals surface area contributed by atoms with Crippen LogP contribution in [0.25, 0.3) is 5.57 Å². The van der Waals surface area contributed by atoms with Crippen LogP contribution in [-0.4, -0.2) is 9.97 Å². The number of allylic oxidation sites excluding steroid dienone is 6. The molecule has 0 saturated heterocycles. The van der Waals surface area contributed by atoms with Crippen LogP contribution in [0.5, 0.6) is 0 Å². The topological polar surface area (TPSA) is 63.8 Å². The third-order valence-corrected chi connectivity index (χ3v) is 3.11. The summed E-state index contributed by atoms with van der Waals surface area (Å²) in [6.45, 7) is 9.43. The molecule has 25 heavy (non-hydrogen) atoms. The van der Waals surface area contributed by atoms with Gasteiger partial charge in [-0.3, -0.25) is 0 Å². The number of hydrogen-bond donors (Lipinski definition) is 2. The van der Waals surface area contributed by atoms with Gasteiger partial charge in [-0.05, 0) is 25.2 Å². The van der Waals surface area contributed by atoms with Crippen molar-refractivity contribution >= 4 is 11.5 Å². The van der Waals surface area contributed by atoms with E-state index in [0.29, 0.717) is 17.3 Å². The number of nitrogens with two attached hydrogens (primary N) is 1. The van der Waals surface area contributed by atoms with Crippen molar-refractivity contribution < 1.29 is 65.4 Å². The van der Waals surface area contributed by atoms with E-state index in [-0.39, 0.29) is 65.4 Å². The van der Waals surface area contributed by atoms with Gasteiger partial charge in [-0.1, -0.05) is 45.0 Å². The maximum Gasteiger partial charge on any atom is 0.139 e. The molecule has 1 aliphatic carbocycles. The molecule has 2 rings (SSSR count). The minimum atomic E-state index is 0. The fraction of sp³-hybridized carbons (Fsp3) is 0.368. The van der Waals surface area contributed by atoms with Crippen molar-refractivity contribution in [2.24, 2.45) is 5.73 Å². The molecular formula is C19H26N4Y2-2. The second kappa shape index (κ2) is 16.1. The summed E-state index contributed by atoms with van der Waals surface area (Å²) in [6, 6.07) is 0. The smallest absolute Gasteiger partial charge is 0.139 e. The fourth-order valence-electron chi connectivity index (χ4n) is 2.17. The number of anilines is 1. The molecule has 0 aliphatic heterocycles. The molecule has 2 radical (unpaired) electrons. The van der Waals surface area contributed by atoms with Gasteiger partial charge in [0.1, 0.15) is 5.95 Å². The third kappa shape index (κ3) is 10.5. The average molecular weight is 488 g/mol. The van der Waals surface area contributed by atoms with Crippen LogP contribution in [0.4, 0.5) is 5.95 Å². The second-order valence-electron chi connectivity index (χ2n) is 4.97. The quantitative estimate of drug-likeness (QED) is 0.477. The van der Waals surface area contributed by atoms with Gasteiger partial charge in [-0.25, -0.2) is 0 Å². The zero-order chi connectivity index (χ0) is 17.1. The summed E-state index contributed by atoms with van der Waals surface area (Å²) in [6.07, 6.45) is 18.1. The number of nitrogens with zero attached hydrogens (tertiary/aromatic N) is 2.